The van der Waals surface area contributed by atoms with Crippen LogP contribution in [0.1, 0.15) is 57.1 Å². The quantitative estimate of drug-likeness (QED) is 0.311. The number of carbonyl (C=O) groups excluding carboxylic acids is 1. The van der Waals surface area contributed by atoms with Crippen LogP contribution in [0.15, 0.2) is 48.6 Å². The molecule has 0 aliphatic heterocycles. The Morgan fingerprint density at radius 2 is 1.91 bits per heavy atom. The van der Waals surface area contributed by atoms with Crippen LogP contribution in [-0.2, 0) is 22.4 Å². The molecule has 0 spiro atoms. The molecular weight excluding hydrogens is 407 g/mol. The third-order valence-corrected chi connectivity index (χ3v) is 6.66. The Bertz CT molecular complexity index is 778. The summed E-state index contributed by atoms with van der Waals surface area (Å²) in [5.41, 5.74) is 2.56. The molecule has 2 N–H and O–H groups in total. The Hall–Kier alpha value is -1.98. The average molecular weight is 445 g/mol. The Kier molecular flexibility index (Phi) is 9.06. The van der Waals surface area contributed by atoms with Gasteiger partial charge in [0.15, 0.2) is 0 Å². The van der Waals surface area contributed by atoms with Crippen molar-refractivity contribution < 1.29 is 24.1 Å². The molecule has 3 rings (SSSR count). The molecule has 0 saturated heterocycles. The first-order valence-electron chi connectivity index (χ1n) is 11.9. The summed E-state index contributed by atoms with van der Waals surface area (Å²) in [7, 11) is 0. The molecule has 0 unspecified atom stereocenters. The molecule has 1 fully saturated rings. The van der Waals surface area contributed by atoms with Gasteiger partial charge >= 0.3 is 5.97 Å². The predicted molar refractivity (Wildman–Crippen MR) is 124 cm³/mol. The maximum Gasteiger partial charge on any atom is 0.306 e. The molecule has 0 aromatic heterocycles. The highest BCUT2D eigenvalue weighted by Crippen LogP contribution is 2.38. The minimum absolute atomic E-state index is 0.0944. The van der Waals surface area contributed by atoms with Gasteiger partial charge in [0.1, 0.15) is 6.17 Å². The number of benzene rings is 1. The summed E-state index contributed by atoms with van der Waals surface area (Å²) in [4.78, 5) is 11.6. The molecule has 0 radical (unpaired) electrons. The zero-order valence-corrected chi connectivity index (χ0v) is 19.2. The van der Waals surface area contributed by atoms with Crippen LogP contribution in [0.4, 0.5) is 4.39 Å². The van der Waals surface area contributed by atoms with Crippen molar-refractivity contribution in [3.8, 4) is 0 Å². The van der Waals surface area contributed by atoms with Gasteiger partial charge in [-0.1, -0.05) is 48.6 Å². The molecule has 5 atom stereocenters. The van der Waals surface area contributed by atoms with Crippen molar-refractivity contribution in [1.29, 1.82) is 0 Å². The number of rotatable bonds is 10. The zero-order valence-electron chi connectivity index (χ0n) is 19.2. The van der Waals surface area contributed by atoms with Gasteiger partial charge in [0, 0.05) is 18.8 Å². The molecule has 5 heteroatoms. The summed E-state index contributed by atoms with van der Waals surface area (Å²) in [6.45, 7) is 3.67. The third-order valence-electron chi connectivity index (χ3n) is 6.66. The highest BCUT2D eigenvalue weighted by molar-refractivity contribution is 5.69. The number of carbonyl (C=O) groups is 1. The Morgan fingerprint density at radius 1 is 1.22 bits per heavy atom. The molecule has 0 heterocycles. The smallest absolute Gasteiger partial charge is 0.306 e. The molecule has 2 aliphatic rings. The third kappa shape index (κ3) is 6.76. The number of hydrogen-bond donors (Lipinski definition) is 2. The average Bonchev–Trinajstić information content (AvgIpc) is 3.29. The number of fused-ring (bicyclic) bond motifs is 1. The van der Waals surface area contributed by atoms with E-state index in [1.807, 2.05) is 38.1 Å². The number of halogens is 1. The molecule has 176 valence electrons. The number of hydrogen-bond acceptors (Lipinski definition) is 4. The predicted octanol–water partition coefficient (Wildman–Crippen LogP) is 4.72. The van der Waals surface area contributed by atoms with E-state index in [9.17, 15) is 19.4 Å². The van der Waals surface area contributed by atoms with Gasteiger partial charge in [-0.3, -0.25) is 4.79 Å². The lowest BCUT2D eigenvalue weighted by molar-refractivity contribution is -0.147. The molecule has 32 heavy (non-hydrogen) atoms. The van der Waals surface area contributed by atoms with Crippen LogP contribution in [0.2, 0.25) is 0 Å². The molecule has 1 aromatic rings. The van der Waals surface area contributed by atoms with Crippen molar-refractivity contribution in [2.75, 3.05) is 0 Å². The van der Waals surface area contributed by atoms with Gasteiger partial charge in [0.05, 0.1) is 18.3 Å². The second-order valence-corrected chi connectivity index (χ2v) is 9.51. The Morgan fingerprint density at radius 3 is 2.56 bits per heavy atom. The van der Waals surface area contributed by atoms with Crippen LogP contribution in [-0.4, -0.2) is 40.7 Å². The number of allylic oxidation sites excluding steroid dienone is 3. The van der Waals surface area contributed by atoms with Crippen molar-refractivity contribution in [1.82, 2.24) is 0 Å². The molecule has 1 aromatic carbocycles. The van der Waals surface area contributed by atoms with E-state index in [4.69, 9.17) is 4.74 Å². The Labute approximate surface area is 191 Å². The molecule has 1 saturated carbocycles. The number of ether oxygens (including phenoxy) is 1. The van der Waals surface area contributed by atoms with Crippen molar-refractivity contribution in [3.05, 3.63) is 59.7 Å². The second kappa shape index (κ2) is 11.8. The summed E-state index contributed by atoms with van der Waals surface area (Å²) in [6.07, 6.45) is 9.24. The van der Waals surface area contributed by atoms with Gasteiger partial charge in [0.2, 0.25) is 0 Å². The molecule has 0 amide bonds. The van der Waals surface area contributed by atoms with Gasteiger partial charge in [-0.2, -0.15) is 0 Å². The van der Waals surface area contributed by atoms with Gasteiger partial charge < -0.3 is 14.9 Å². The van der Waals surface area contributed by atoms with Crippen molar-refractivity contribution in [3.63, 3.8) is 0 Å². The van der Waals surface area contributed by atoms with E-state index in [1.165, 1.54) is 11.1 Å². The van der Waals surface area contributed by atoms with E-state index >= 15 is 0 Å². The first kappa shape index (κ1) is 24.7. The van der Waals surface area contributed by atoms with E-state index in [-0.39, 0.29) is 30.3 Å². The van der Waals surface area contributed by atoms with Crippen LogP contribution >= 0.6 is 0 Å². The fourth-order valence-corrected chi connectivity index (χ4v) is 4.96. The van der Waals surface area contributed by atoms with E-state index in [1.54, 1.807) is 12.2 Å². The monoisotopic (exact) mass is 444 g/mol. The highest BCUT2D eigenvalue weighted by atomic mass is 19.1. The van der Waals surface area contributed by atoms with E-state index in [2.05, 4.69) is 12.1 Å². The van der Waals surface area contributed by atoms with Crippen LogP contribution < -0.4 is 0 Å². The number of esters is 1. The van der Waals surface area contributed by atoms with E-state index in [0.717, 1.165) is 19.3 Å². The lowest BCUT2D eigenvalue weighted by Crippen LogP contribution is -2.21. The van der Waals surface area contributed by atoms with Crippen LogP contribution in [0.25, 0.3) is 0 Å². The summed E-state index contributed by atoms with van der Waals surface area (Å²) < 4.78 is 19.7. The lowest BCUT2D eigenvalue weighted by Gasteiger charge is -2.20. The second-order valence-electron chi connectivity index (χ2n) is 9.51. The maximum absolute atomic E-state index is 14.6. The first-order valence-corrected chi connectivity index (χ1v) is 11.9. The molecule has 2 aliphatic carbocycles. The summed E-state index contributed by atoms with van der Waals surface area (Å²) in [6, 6.07) is 8.25. The van der Waals surface area contributed by atoms with Gasteiger partial charge in [-0.15, -0.1) is 0 Å². The first-order chi connectivity index (χ1) is 15.3. The van der Waals surface area contributed by atoms with Gasteiger partial charge in [-0.05, 0) is 68.9 Å². The van der Waals surface area contributed by atoms with Crippen molar-refractivity contribution in [2.45, 2.75) is 83.3 Å². The molecule has 0 bridgehead atoms. The maximum atomic E-state index is 14.6. The number of alkyl halides is 1. The van der Waals surface area contributed by atoms with Crippen LogP contribution in [0.3, 0.4) is 0 Å². The normalized spacial score (nSPS) is 26.9. The van der Waals surface area contributed by atoms with Gasteiger partial charge in [0.25, 0.3) is 0 Å². The van der Waals surface area contributed by atoms with Crippen LogP contribution in [0.5, 0.6) is 0 Å². The minimum atomic E-state index is -1.10. The number of aliphatic hydroxyl groups excluding tert-OH is 2. The number of aliphatic hydroxyl groups is 2. The topological polar surface area (TPSA) is 66.8 Å². The summed E-state index contributed by atoms with van der Waals surface area (Å²) in [5.74, 6) is -0.659. The van der Waals surface area contributed by atoms with E-state index < -0.39 is 24.3 Å². The lowest BCUT2D eigenvalue weighted by atomic mass is 9.89. The minimum Gasteiger partial charge on any atom is -0.463 e. The SMILES string of the molecule is CC(C)OC(=O)CCCC=CC[C@@H]1[C@@H](C=C[C@H](O)C2Cc3ccccc3C2)[C@@H](F)C[C@@H]1O. The largest absolute Gasteiger partial charge is 0.463 e. The van der Waals surface area contributed by atoms with Crippen LogP contribution in [0, 0.1) is 17.8 Å². The number of unbranched alkanes of at least 4 members (excludes halogenated alkanes) is 1. The summed E-state index contributed by atoms with van der Waals surface area (Å²) in [5, 5.41) is 21.0. The van der Waals surface area contributed by atoms with Gasteiger partial charge in [-0.25, -0.2) is 4.39 Å². The fraction of sp³-hybridized carbons (Fsp3) is 0.593. The zero-order chi connectivity index (χ0) is 23.1. The summed E-state index contributed by atoms with van der Waals surface area (Å²) >= 11 is 0. The Balaban J connectivity index is 1.47. The molecule has 4 nitrogen and oxygen atoms in total. The fourth-order valence-electron chi connectivity index (χ4n) is 4.96. The highest BCUT2D eigenvalue weighted by Gasteiger charge is 2.40. The van der Waals surface area contributed by atoms with Crippen molar-refractivity contribution >= 4 is 5.97 Å². The van der Waals surface area contributed by atoms with E-state index in [0.29, 0.717) is 19.3 Å². The van der Waals surface area contributed by atoms with Crippen molar-refractivity contribution in [2.24, 2.45) is 17.8 Å². The molecular formula is C27H37FO4. The standard InChI is InChI=1S/C27H37FO4/c1-18(2)32-27(31)12-6-4-3-5-11-23-22(24(28)17-26(23)30)13-14-25(29)21-15-19-9-7-8-10-20(19)16-21/h3,5,7-10,13-14,18,21-26,29-30H,4,6,11-12,15-17H2,1-2H3/t22-,23-,24+,25+,26+/m1/s1.